The molecule has 2 unspecified atom stereocenters. The van der Waals surface area contributed by atoms with Crippen molar-refractivity contribution in [2.24, 2.45) is 17.3 Å². The number of allylic oxidation sites excluding steroid dienone is 1. The maximum atomic E-state index is 14.6. The number of fused-ring (bicyclic) bond motifs is 6. The molecule has 1 aliphatic carbocycles. The zero-order chi connectivity index (χ0) is 40.6. The van der Waals surface area contributed by atoms with Gasteiger partial charge in [0.15, 0.2) is 0 Å². The molecule has 6 bridgehead atoms. The van der Waals surface area contributed by atoms with Crippen LogP contribution >= 0.6 is 0 Å². The molecule has 2 aromatic rings. The molecule has 0 radical (unpaired) electrons. The largest absolute Gasteiger partial charge is 0.464 e. The molecule has 0 saturated carbocycles. The number of pyridine rings is 1. The molecule has 2 fully saturated rings. The standard InChI is InChI=1S/C41H57F3N6O6/c1-25(54-7)34-28(12-8-16-45-34)35-30-20-40(5,6)24-55-37(52)31-13-10-18-50(47-31)36(51)32(46-38(53)56-39(2,3)4)22-48-17-9-11-27(21-48)26-14-15-33(29(30)19-26)49(35)23-41(42,43)44/h8,12,14-16,25-27,31-32,47H,9-11,13,17-24H2,1-7H3,(H,46,53)/t25-,26?,27+,31-,32-/m0/s1. The minimum absolute atomic E-state index is 0.00205. The number of carbonyl (C=O) groups excluding carboxylic acids is 3. The van der Waals surface area contributed by atoms with E-state index in [0.717, 1.165) is 24.0 Å². The van der Waals surface area contributed by atoms with Crippen molar-refractivity contribution in [3.63, 3.8) is 0 Å². The Bertz CT molecular complexity index is 1800. The number of hydrogen-bond donors (Lipinski definition) is 2. The van der Waals surface area contributed by atoms with Gasteiger partial charge in [-0.25, -0.2) is 10.2 Å². The number of hydrazine groups is 1. The van der Waals surface area contributed by atoms with Crippen LogP contribution in [0, 0.1) is 17.3 Å². The molecule has 6 rings (SSSR count). The first-order valence-corrected chi connectivity index (χ1v) is 19.8. The van der Waals surface area contributed by atoms with Gasteiger partial charge in [-0.15, -0.1) is 0 Å². The number of cyclic esters (lactones) is 1. The lowest BCUT2D eigenvalue weighted by molar-refractivity contribution is -0.155. The summed E-state index contributed by atoms with van der Waals surface area (Å²) in [6, 6.07) is 1.77. The summed E-state index contributed by atoms with van der Waals surface area (Å²) in [6.45, 7) is 11.7. The average Bonchev–Trinajstić information content (AvgIpc) is 3.41. The van der Waals surface area contributed by atoms with Gasteiger partial charge in [0.25, 0.3) is 5.91 Å². The molecular formula is C41H57F3N6O6. The van der Waals surface area contributed by atoms with Gasteiger partial charge in [0.2, 0.25) is 0 Å². The molecule has 2 amide bonds. The van der Waals surface area contributed by atoms with E-state index in [4.69, 9.17) is 14.2 Å². The van der Waals surface area contributed by atoms with Gasteiger partial charge in [-0.3, -0.25) is 19.6 Å². The van der Waals surface area contributed by atoms with Gasteiger partial charge >= 0.3 is 18.2 Å². The van der Waals surface area contributed by atoms with Crippen molar-refractivity contribution in [3.8, 4) is 11.3 Å². The lowest BCUT2D eigenvalue weighted by Crippen LogP contribution is -2.62. The van der Waals surface area contributed by atoms with Gasteiger partial charge in [-0.1, -0.05) is 19.9 Å². The summed E-state index contributed by atoms with van der Waals surface area (Å²) >= 11 is 0. The van der Waals surface area contributed by atoms with E-state index in [1.165, 1.54) is 9.58 Å². The summed E-state index contributed by atoms with van der Waals surface area (Å²) in [5, 5.41) is 4.22. The summed E-state index contributed by atoms with van der Waals surface area (Å²) in [7, 11) is 1.55. The molecule has 3 aliphatic heterocycles. The van der Waals surface area contributed by atoms with Gasteiger partial charge in [0.1, 0.15) is 24.2 Å². The Hall–Kier alpha value is -3.95. The number of alkyl halides is 3. The van der Waals surface area contributed by atoms with Crippen LogP contribution in [0.4, 0.5) is 18.0 Å². The number of alkyl carbamates (subject to hydrolysis) is 1. The summed E-state index contributed by atoms with van der Waals surface area (Å²) < 4.78 is 62.2. The topological polar surface area (TPSA) is 127 Å². The quantitative estimate of drug-likeness (QED) is 0.339. The number of rotatable bonds is 5. The predicted octanol–water partition coefficient (Wildman–Crippen LogP) is 6.23. The number of hydrogen-bond acceptors (Lipinski definition) is 9. The lowest BCUT2D eigenvalue weighted by Gasteiger charge is -2.40. The van der Waals surface area contributed by atoms with Gasteiger partial charge in [-0.05, 0) is 114 Å². The van der Waals surface area contributed by atoms with Gasteiger partial charge in [-0.2, -0.15) is 13.2 Å². The van der Waals surface area contributed by atoms with Crippen molar-refractivity contribution in [1.82, 2.24) is 30.2 Å². The number of piperidine rings is 1. The normalized spacial score (nSPS) is 26.5. The van der Waals surface area contributed by atoms with E-state index in [0.29, 0.717) is 68.0 Å². The van der Waals surface area contributed by atoms with Gasteiger partial charge in [0, 0.05) is 49.6 Å². The SMILES string of the molecule is CO[C@@H](C)c1ncccc1-c1c2c3c(n1CC(F)(F)F)C=CC(C3)[C@@H]1CCCN(C1)C[C@H](NC(=O)OC(C)(C)C)C(=O)N1CCC[C@H](N1)C(=O)OCC(C)(C)C2. The van der Waals surface area contributed by atoms with Crippen molar-refractivity contribution in [1.29, 1.82) is 0 Å². The van der Waals surface area contributed by atoms with Crippen molar-refractivity contribution < 1.29 is 41.8 Å². The fourth-order valence-corrected chi connectivity index (χ4v) is 8.60. The van der Waals surface area contributed by atoms with E-state index in [2.05, 4.69) is 20.6 Å². The van der Waals surface area contributed by atoms with E-state index in [1.807, 2.05) is 39.0 Å². The molecule has 308 valence electrons. The number of nitrogens with one attached hydrogen (secondary N) is 2. The summed E-state index contributed by atoms with van der Waals surface area (Å²) in [5.74, 6) is -0.766. The summed E-state index contributed by atoms with van der Waals surface area (Å²) in [4.78, 5) is 47.6. The minimum atomic E-state index is -4.51. The molecule has 0 spiro atoms. The van der Waals surface area contributed by atoms with Gasteiger partial charge < -0.3 is 29.0 Å². The third kappa shape index (κ3) is 9.76. The highest BCUT2D eigenvalue weighted by molar-refractivity contribution is 5.86. The van der Waals surface area contributed by atoms with Crippen LogP contribution in [0.1, 0.15) is 95.8 Å². The molecule has 56 heavy (non-hydrogen) atoms. The van der Waals surface area contributed by atoms with Crippen LogP contribution in [-0.4, -0.2) is 101 Å². The molecule has 2 N–H and O–H groups in total. The maximum Gasteiger partial charge on any atom is 0.408 e. The molecule has 0 aromatic carbocycles. The highest BCUT2D eigenvalue weighted by Crippen LogP contribution is 2.44. The minimum Gasteiger partial charge on any atom is -0.464 e. The number of carbonyl (C=O) groups is 3. The molecule has 4 aliphatic rings. The Morgan fingerprint density at radius 3 is 2.59 bits per heavy atom. The van der Waals surface area contributed by atoms with E-state index < -0.39 is 54.0 Å². The Kier molecular flexibility index (Phi) is 12.3. The highest BCUT2D eigenvalue weighted by atomic mass is 19.4. The van der Waals surface area contributed by atoms with Crippen LogP contribution < -0.4 is 10.7 Å². The number of nitrogens with zero attached hydrogens (tertiary/aromatic N) is 4. The molecule has 2 saturated heterocycles. The van der Waals surface area contributed by atoms with Crippen LogP contribution in [0.3, 0.4) is 0 Å². The van der Waals surface area contributed by atoms with Crippen LogP contribution in [0.15, 0.2) is 24.4 Å². The monoisotopic (exact) mass is 786 g/mol. The highest BCUT2D eigenvalue weighted by Gasteiger charge is 2.41. The number of halogens is 3. The second-order valence-corrected chi connectivity index (χ2v) is 17.6. The van der Waals surface area contributed by atoms with Crippen LogP contribution in [0.2, 0.25) is 0 Å². The molecule has 15 heteroatoms. The Morgan fingerprint density at radius 1 is 1.12 bits per heavy atom. The number of esters is 1. The van der Waals surface area contributed by atoms with Crippen LogP contribution in [-0.2, 0) is 43.2 Å². The molecule has 5 heterocycles. The Balaban J connectivity index is 1.45. The number of methoxy groups -OCH3 is 1. The zero-order valence-corrected chi connectivity index (χ0v) is 33.6. The van der Waals surface area contributed by atoms with E-state index in [9.17, 15) is 27.6 Å². The van der Waals surface area contributed by atoms with Gasteiger partial charge in [0.05, 0.1) is 24.1 Å². The third-order valence-electron chi connectivity index (χ3n) is 11.2. The van der Waals surface area contributed by atoms with Crippen LogP contribution in [0.5, 0.6) is 0 Å². The van der Waals surface area contributed by atoms with Crippen molar-refractivity contribution >= 4 is 24.0 Å². The smallest absolute Gasteiger partial charge is 0.408 e. The Labute approximate surface area is 327 Å². The predicted molar refractivity (Wildman–Crippen MR) is 204 cm³/mol. The Morgan fingerprint density at radius 2 is 1.88 bits per heavy atom. The number of amides is 2. The van der Waals surface area contributed by atoms with Crippen molar-refractivity contribution in [2.45, 2.75) is 117 Å². The summed E-state index contributed by atoms with van der Waals surface area (Å²) in [5.41, 5.74) is 5.27. The van der Waals surface area contributed by atoms with Crippen molar-refractivity contribution in [2.75, 3.05) is 39.9 Å². The first kappa shape index (κ1) is 41.7. The van der Waals surface area contributed by atoms with E-state index in [1.54, 1.807) is 40.1 Å². The second-order valence-electron chi connectivity index (χ2n) is 17.6. The lowest BCUT2D eigenvalue weighted by atomic mass is 9.76. The average molecular weight is 787 g/mol. The second kappa shape index (κ2) is 16.5. The maximum absolute atomic E-state index is 14.6. The number of ether oxygens (including phenoxy) is 3. The number of aromatic nitrogens is 2. The van der Waals surface area contributed by atoms with Crippen LogP contribution in [0.25, 0.3) is 17.3 Å². The summed E-state index contributed by atoms with van der Waals surface area (Å²) in [6.07, 6.45) is 3.37. The first-order chi connectivity index (χ1) is 26.3. The fourth-order valence-electron chi connectivity index (χ4n) is 8.60. The van der Waals surface area contributed by atoms with Crippen molar-refractivity contribution in [3.05, 3.63) is 46.9 Å². The van der Waals surface area contributed by atoms with E-state index in [-0.39, 0.29) is 30.9 Å². The first-order valence-electron chi connectivity index (χ1n) is 19.8. The molecule has 6 atom stereocenters. The van der Waals surface area contributed by atoms with E-state index >= 15 is 0 Å². The fraction of sp³-hybridized carbons (Fsp3) is 0.659. The third-order valence-corrected chi connectivity index (χ3v) is 11.2. The molecular weight excluding hydrogens is 729 g/mol. The zero-order valence-electron chi connectivity index (χ0n) is 33.6. The molecule has 2 aromatic heterocycles. The molecule has 12 nitrogen and oxygen atoms in total.